The number of ether oxygens (including phenoxy) is 1. The highest BCUT2D eigenvalue weighted by Gasteiger charge is 2.22. The summed E-state index contributed by atoms with van der Waals surface area (Å²) in [5.41, 5.74) is 3.33. The minimum Gasteiger partial charge on any atom is -0.497 e. The second-order valence-electron chi connectivity index (χ2n) is 7.43. The molecule has 0 aliphatic rings. The number of aromatic nitrogens is 1. The zero-order chi connectivity index (χ0) is 22.7. The van der Waals surface area contributed by atoms with E-state index in [1.54, 1.807) is 17.7 Å². The molecule has 5 nitrogen and oxygen atoms in total. The van der Waals surface area contributed by atoms with E-state index in [2.05, 4.69) is 5.32 Å². The van der Waals surface area contributed by atoms with Gasteiger partial charge < -0.3 is 19.7 Å². The predicted octanol–water partition coefficient (Wildman–Crippen LogP) is 5.48. The molecule has 3 aromatic carbocycles. The Kier molecular flexibility index (Phi) is 6.44. The van der Waals surface area contributed by atoms with Gasteiger partial charge in [0.15, 0.2) is 0 Å². The Morgan fingerprint density at radius 3 is 2.66 bits per heavy atom. The van der Waals surface area contributed by atoms with Crippen LogP contribution in [0.5, 0.6) is 5.75 Å². The van der Waals surface area contributed by atoms with Gasteiger partial charge in [0.2, 0.25) is 0 Å². The SMILES string of the molecule is COc1cccc(CNCc2c(C(=O)O)n(Cc3ccc(F)cc3Cl)c3ccccc23)c1. The largest absolute Gasteiger partial charge is 0.497 e. The molecule has 1 aromatic heterocycles. The first-order valence-corrected chi connectivity index (χ1v) is 10.5. The lowest BCUT2D eigenvalue weighted by Gasteiger charge is -2.11. The van der Waals surface area contributed by atoms with Gasteiger partial charge in [-0.05, 0) is 41.5 Å². The molecule has 0 atom stereocenters. The number of carboxylic acid groups (broad SMARTS) is 1. The van der Waals surface area contributed by atoms with Crippen molar-refractivity contribution in [2.75, 3.05) is 7.11 Å². The van der Waals surface area contributed by atoms with Crippen LogP contribution in [0.25, 0.3) is 10.9 Å². The van der Waals surface area contributed by atoms with Crippen molar-refractivity contribution in [2.45, 2.75) is 19.6 Å². The maximum Gasteiger partial charge on any atom is 0.352 e. The van der Waals surface area contributed by atoms with Crippen molar-refractivity contribution in [1.29, 1.82) is 0 Å². The number of aromatic carboxylic acids is 1. The summed E-state index contributed by atoms with van der Waals surface area (Å²) in [7, 11) is 1.62. The molecule has 0 radical (unpaired) electrons. The normalized spacial score (nSPS) is 11.1. The van der Waals surface area contributed by atoms with Crippen LogP contribution < -0.4 is 10.1 Å². The second kappa shape index (κ2) is 9.42. The van der Waals surface area contributed by atoms with E-state index in [1.165, 1.54) is 12.1 Å². The van der Waals surface area contributed by atoms with E-state index in [0.717, 1.165) is 22.2 Å². The third kappa shape index (κ3) is 4.47. The fourth-order valence-corrected chi connectivity index (χ4v) is 4.12. The van der Waals surface area contributed by atoms with Gasteiger partial charge in [0.25, 0.3) is 0 Å². The summed E-state index contributed by atoms with van der Waals surface area (Å²) in [6.07, 6.45) is 0. The summed E-state index contributed by atoms with van der Waals surface area (Å²) >= 11 is 6.22. The number of hydrogen-bond donors (Lipinski definition) is 2. The van der Waals surface area contributed by atoms with E-state index in [9.17, 15) is 14.3 Å². The van der Waals surface area contributed by atoms with Crippen LogP contribution in [0.4, 0.5) is 4.39 Å². The van der Waals surface area contributed by atoms with Gasteiger partial charge in [-0.15, -0.1) is 0 Å². The molecule has 0 saturated carbocycles. The standard InChI is InChI=1S/C25H22ClFN2O3/c1-32-19-6-4-5-16(11-19)13-28-14-21-20-7-2-3-8-23(20)29(24(21)25(30)31)15-17-9-10-18(27)12-22(17)26/h2-12,28H,13-15H2,1H3,(H,30,31). The Morgan fingerprint density at radius 1 is 1.09 bits per heavy atom. The van der Waals surface area contributed by atoms with E-state index in [4.69, 9.17) is 16.3 Å². The van der Waals surface area contributed by atoms with Crippen LogP contribution in [-0.2, 0) is 19.6 Å². The third-order valence-corrected chi connectivity index (χ3v) is 5.74. The number of nitrogens with zero attached hydrogens (tertiary/aromatic N) is 1. The molecule has 32 heavy (non-hydrogen) atoms. The average Bonchev–Trinajstić information content (AvgIpc) is 3.09. The highest BCUT2D eigenvalue weighted by atomic mass is 35.5. The van der Waals surface area contributed by atoms with E-state index in [1.807, 2.05) is 48.5 Å². The van der Waals surface area contributed by atoms with E-state index >= 15 is 0 Å². The third-order valence-electron chi connectivity index (χ3n) is 5.39. The number of halogens is 2. The number of para-hydroxylation sites is 1. The quantitative estimate of drug-likeness (QED) is 0.371. The van der Waals surface area contributed by atoms with Crippen LogP contribution in [0.15, 0.2) is 66.7 Å². The van der Waals surface area contributed by atoms with Crippen molar-refractivity contribution in [3.63, 3.8) is 0 Å². The minimum atomic E-state index is -1.03. The Labute approximate surface area is 190 Å². The van der Waals surface area contributed by atoms with Gasteiger partial charge in [-0.25, -0.2) is 9.18 Å². The maximum atomic E-state index is 13.5. The summed E-state index contributed by atoms with van der Waals surface area (Å²) < 4.78 is 20.5. The van der Waals surface area contributed by atoms with Crippen molar-refractivity contribution in [3.05, 3.63) is 100.0 Å². The Morgan fingerprint density at radius 2 is 1.91 bits per heavy atom. The molecule has 0 unspecified atom stereocenters. The van der Waals surface area contributed by atoms with E-state index < -0.39 is 11.8 Å². The fourth-order valence-electron chi connectivity index (χ4n) is 3.90. The number of methoxy groups -OCH3 is 1. The van der Waals surface area contributed by atoms with E-state index in [-0.39, 0.29) is 17.3 Å². The highest BCUT2D eigenvalue weighted by Crippen LogP contribution is 2.29. The van der Waals surface area contributed by atoms with Crippen LogP contribution >= 0.6 is 11.6 Å². The van der Waals surface area contributed by atoms with Gasteiger partial charge in [-0.3, -0.25) is 0 Å². The summed E-state index contributed by atoms with van der Waals surface area (Å²) in [6.45, 7) is 1.14. The number of carboxylic acids is 1. The average molecular weight is 453 g/mol. The van der Waals surface area contributed by atoms with Crippen LogP contribution in [-0.4, -0.2) is 22.8 Å². The predicted molar refractivity (Wildman–Crippen MR) is 123 cm³/mol. The number of rotatable bonds is 8. The minimum absolute atomic E-state index is 0.185. The monoisotopic (exact) mass is 452 g/mol. The lowest BCUT2D eigenvalue weighted by molar-refractivity contribution is 0.0684. The number of benzene rings is 3. The molecule has 1 heterocycles. The highest BCUT2D eigenvalue weighted by molar-refractivity contribution is 6.31. The zero-order valence-corrected chi connectivity index (χ0v) is 18.2. The smallest absolute Gasteiger partial charge is 0.352 e. The van der Waals surface area contributed by atoms with Crippen LogP contribution in [0, 0.1) is 5.82 Å². The molecule has 0 saturated heterocycles. The first-order chi connectivity index (χ1) is 15.5. The molecule has 0 fully saturated rings. The molecule has 164 valence electrons. The Bertz CT molecular complexity index is 1290. The molecule has 0 aliphatic heterocycles. The molecule has 4 rings (SSSR count). The maximum absolute atomic E-state index is 13.5. The lowest BCUT2D eigenvalue weighted by Crippen LogP contribution is -2.17. The van der Waals surface area contributed by atoms with Gasteiger partial charge in [0.05, 0.1) is 7.11 Å². The van der Waals surface area contributed by atoms with Crippen molar-refractivity contribution in [2.24, 2.45) is 0 Å². The second-order valence-corrected chi connectivity index (χ2v) is 7.83. The van der Waals surface area contributed by atoms with Crippen molar-refractivity contribution in [1.82, 2.24) is 9.88 Å². The van der Waals surface area contributed by atoms with Gasteiger partial charge in [0.1, 0.15) is 17.3 Å². The Balaban J connectivity index is 1.69. The summed E-state index contributed by atoms with van der Waals surface area (Å²) in [4.78, 5) is 12.3. The molecule has 4 aromatic rings. The van der Waals surface area contributed by atoms with Gasteiger partial charge in [-0.1, -0.05) is 48.0 Å². The first kappa shape index (κ1) is 21.9. The van der Waals surface area contributed by atoms with Crippen LogP contribution in [0.1, 0.15) is 27.2 Å². The van der Waals surface area contributed by atoms with Gasteiger partial charge >= 0.3 is 5.97 Å². The molecular weight excluding hydrogens is 431 g/mol. The molecule has 2 N–H and O–H groups in total. The number of fused-ring (bicyclic) bond motifs is 1. The zero-order valence-electron chi connectivity index (χ0n) is 17.4. The topological polar surface area (TPSA) is 63.5 Å². The van der Waals surface area contributed by atoms with E-state index in [0.29, 0.717) is 24.2 Å². The number of nitrogens with one attached hydrogen (secondary N) is 1. The fraction of sp³-hybridized carbons (Fsp3) is 0.160. The number of carbonyl (C=O) groups is 1. The van der Waals surface area contributed by atoms with Crippen molar-refractivity contribution < 1.29 is 19.0 Å². The molecular formula is C25H22ClFN2O3. The molecule has 0 bridgehead atoms. The van der Waals surface area contributed by atoms with Crippen molar-refractivity contribution >= 4 is 28.5 Å². The van der Waals surface area contributed by atoms with Crippen LogP contribution in [0.2, 0.25) is 5.02 Å². The van der Waals surface area contributed by atoms with Crippen molar-refractivity contribution in [3.8, 4) is 5.75 Å². The lowest BCUT2D eigenvalue weighted by atomic mass is 10.1. The van der Waals surface area contributed by atoms with Crippen LogP contribution in [0.3, 0.4) is 0 Å². The number of hydrogen-bond acceptors (Lipinski definition) is 3. The molecule has 7 heteroatoms. The summed E-state index contributed by atoms with van der Waals surface area (Å²) in [5.74, 6) is -0.696. The molecule has 0 amide bonds. The van der Waals surface area contributed by atoms with Gasteiger partial charge in [-0.2, -0.15) is 0 Å². The first-order valence-electron chi connectivity index (χ1n) is 10.1. The Hall–Kier alpha value is -3.35. The molecule has 0 aliphatic carbocycles. The molecule has 0 spiro atoms. The van der Waals surface area contributed by atoms with Gasteiger partial charge in [0, 0.05) is 41.1 Å². The summed E-state index contributed by atoms with van der Waals surface area (Å²) in [6, 6.07) is 19.4. The summed E-state index contributed by atoms with van der Waals surface area (Å²) in [5, 5.41) is 14.5.